The molecule has 1 heterocycles. The number of unbranched alkanes of at least 4 members (excludes halogenated alkanes) is 1. The smallest absolute Gasteiger partial charge is 0.317 e. The van der Waals surface area contributed by atoms with E-state index in [9.17, 15) is 14.7 Å². The van der Waals surface area contributed by atoms with Crippen molar-refractivity contribution in [2.75, 3.05) is 26.8 Å². The number of urea groups is 1. The molecule has 1 aromatic carbocycles. The topological polar surface area (TPSA) is 88.1 Å². The van der Waals surface area contributed by atoms with Crippen LogP contribution in [0.25, 0.3) is 0 Å². The van der Waals surface area contributed by atoms with Crippen molar-refractivity contribution >= 4 is 12.0 Å². The van der Waals surface area contributed by atoms with Crippen LogP contribution in [0.2, 0.25) is 0 Å². The third-order valence-electron chi connectivity index (χ3n) is 6.01. The van der Waals surface area contributed by atoms with E-state index in [1.807, 2.05) is 18.2 Å². The fourth-order valence-corrected chi connectivity index (χ4v) is 4.35. The Bertz CT molecular complexity index is 723. The number of nitrogens with zero attached hydrogens (tertiary/aromatic N) is 1. The van der Waals surface area contributed by atoms with Crippen LogP contribution in [0.15, 0.2) is 18.2 Å². The number of nitrogens with one attached hydrogen (secondary N) is 1. The summed E-state index contributed by atoms with van der Waals surface area (Å²) in [4.78, 5) is 26.0. The van der Waals surface area contributed by atoms with Crippen molar-refractivity contribution in [1.82, 2.24) is 10.2 Å². The molecule has 7 nitrogen and oxygen atoms in total. The van der Waals surface area contributed by atoms with E-state index in [-0.39, 0.29) is 11.9 Å². The van der Waals surface area contributed by atoms with Gasteiger partial charge in [-0.25, -0.2) is 4.79 Å². The fourth-order valence-electron chi connectivity index (χ4n) is 4.35. The predicted molar refractivity (Wildman–Crippen MR) is 105 cm³/mol. The first-order valence-corrected chi connectivity index (χ1v) is 10.1. The summed E-state index contributed by atoms with van der Waals surface area (Å²) in [6.07, 6.45) is 4.52. The van der Waals surface area contributed by atoms with Crippen molar-refractivity contribution in [2.24, 2.45) is 11.3 Å². The summed E-state index contributed by atoms with van der Waals surface area (Å²) in [5.41, 5.74) is 0.151. The number of carboxylic acid groups (broad SMARTS) is 1. The van der Waals surface area contributed by atoms with E-state index in [1.54, 1.807) is 12.0 Å². The number of ether oxygens (including phenoxy) is 2. The van der Waals surface area contributed by atoms with Gasteiger partial charge in [0.15, 0.2) is 11.5 Å². The van der Waals surface area contributed by atoms with E-state index in [0.717, 1.165) is 31.2 Å². The molecule has 3 rings (SSSR count). The molecular formula is C21H30N2O5. The Morgan fingerprint density at radius 1 is 1.36 bits per heavy atom. The summed E-state index contributed by atoms with van der Waals surface area (Å²) in [5, 5.41) is 12.6. The zero-order chi connectivity index (χ0) is 20.1. The van der Waals surface area contributed by atoms with Gasteiger partial charge in [-0.05, 0) is 42.9 Å². The van der Waals surface area contributed by atoms with E-state index >= 15 is 0 Å². The van der Waals surface area contributed by atoms with Crippen LogP contribution >= 0.6 is 0 Å². The number of carboxylic acids is 1. The monoisotopic (exact) mass is 390 g/mol. The number of hydrogen-bond acceptors (Lipinski definition) is 4. The molecule has 7 heteroatoms. The standard InChI is InChI=1S/C21H30N2O5/c1-3-4-10-28-17-8-7-15(11-18(17)27-2)12-22-20(26)23-13-16-6-5-9-21(16,14-23)19(24)25/h7-8,11,16H,3-6,9-10,12-14H2,1-2H3,(H,22,26)(H,24,25)/t16-,21+/m0/s1. The van der Waals surface area contributed by atoms with Gasteiger partial charge in [-0.15, -0.1) is 0 Å². The Labute approximate surface area is 166 Å². The first-order chi connectivity index (χ1) is 13.5. The molecule has 0 unspecified atom stereocenters. The second kappa shape index (κ2) is 8.71. The van der Waals surface area contributed by atoms with E-state index in [0.29, 0.717) is 44.2 Å². The average molecular weight is 390 g/mol. The highest BCUT2D eigenvalue weighted by Gasteiger charge is 2.55. The molecule has 154 valence electrons. The minimum atomic E-state index is -0.770. The SMILES string of the molecule is CCCCOc1ccc(CNC(=O)N2C[C@@H]3CCC[C@@]3(C(=O)O)C2)cc1OC. The van der Waals surface area contributed by atoms with Gasteiger partial charge < -0.3 is 24.8 Å². The van der Waals surface area contributed by atoms with Crippen LogP contribution in [-0.4, -0.2) is 48.8 Å². The Kier molecular flexibility index (Phi) is 6.31. The van der Waals surface area contributed by atoms with Crippen molar-refractivity contribution < 1.29 is 24.2 Å². The summed E-state index contributed by atoms with van der Waals surface area (Å²) in [7, 11) is 1.60. The second-order valence-electron chi connectivity index (χ2n) is 7.78. The van der Waals surface area contributed by atoms with Crippen molar-refractivity contribution in [3.63, 3.8) is 0 Å². The summed E-state index contributed by atoms with van der Waals surface area (Å²) in [6.45, 7) is 3.92. The average Bonchev–Trinajstić information content (AvgIpc) is 3.25. The van der Waals surface area contributed by atoms with Crippen molar-refractivity contribution in [3.8, 4) is 11.5 Å². The number of fused-ring (bicyclic) bond motifs is 1. The highest BCUT2D eigenvalue weighted by molar-refractivity contribution is 5.80. The van der Waals surface area contributed by atoms with E-state index in [2.05, 4.69) is 12.2 Å². The molecule has 2 fully saturated rings. The first-order valence-electron chi connectivity index (χ1n) is 10.1. The second-order valence-corrected chi connectivity index (χ2v) is 7.78. The van der Waals surface area contributed by atoms with Crippen LogP contribution in [0, 0.1) is 11.3 Å². The van der Waals surface area contributed by atoms with E-state index < -0.39 is 11.4 Å². The van der Waals surface area contributed by atoms with Crippen LogP contribution in [0.4, 0.5) is 4.79 Å². The number of amides is 2. The third kappa shape index (κ3) is 4.03. The van der Waals surface area contributed by atoms with Crippen LogP contribution in [-0.2, 0) is 11.3 Å². The fraction of sp³-hybridized carbons (Fsp3) is 0.619. The lowest BCUT2D eigenvalue weighted by Gasteiger charge is -2.23. The zero-order valence-electron chi connectivity index (χ0n) is 16.7. The molecule has 1 aromatic rings. The molecule has 2 atom stereocenters. The van der Waals surface area contributed by atoms with Gasteiger partial charge in [0.25, 0.3) is 0 Å². The molecule has 1 aliphatic carbocycles. The third-order valence-corrected chi connectivity index (χ3v) is 6.01. The van der Waals surface area contributed by atoms with Crippen LogP contribution in [0.3, 0.4) is 0 Å². The molecule has 0 spiro atoms. The molecule has 28 heavy (non-hydrogen) atoms. The van der Waals surface area contributed by atoms with Crippen LogP contribution in [0.1, 0.15) is 44.6 Å². The van der Waals surface area contributed by atoms with Gasteiger partial charge in [0.1, 0.15) is 0 Å². The van der Waals surface area contributed by atoms with Gasteiger partial charge in [0.05, 0.1) is 19.1 Å². The number of benzene rings is 1. The number of carbonyl (C=O) groups is 2. The summed E-state index contributed by atoms with van der Waals surface area (Å²) in [5.74, 6) is 0.634. The highest BCUT2D eigenvalue weighted by atomic mass is 16.5. The molecule has 0 aromatic heterocycles. The molecule has 1 saturated heterocycles. The van der Waals surface area contributed by atoms with Gasteiger partial charge in [-0.2, -0.15) is 0 Å². The van der Waals surface area contributed by atoms with Crippen LogP contribution in [0.5, 0.6) is 11.5 Å². The van der Waals surface area contributed by atoms with Gasteiger partial charge in [0, 0.05) is 19.6 Å². The van der Waals surface area contributed by atoms with Crippen molar-refractivity contribution in [1.29, 1.82) is 0 Å². The molecule has 2 N–H and O–H groups in total. The van der Waals surface area contributed by atoms with Gasteiger partial charge >= 0.3 is 12.0 Å². The molecule has 0 bridgehead atoms. The molecule has 1 aliphatic heterocycles. The summed E-state index contributed by atoms with van der Waals surface area (Å²) < 4.78 is 11.1. The number of aliphatic carboxylic acids is 1. The molecular weight excluding hydrogens is 360 g/mol. The predicted octanol–water partition coefficient (Wildman–Crippen LogP) is 3.27. The quantitative estimate of drug-likeness (QED) is 0.665. The lowest BCUT2D eigenvalue weighted by atomic mass is 9.81. The number of likely N-dealkylation sites (tertiary alicyclic amines) is 1. The summed E-state index contributed by atoms with van der Waals surface area (Å²) >= 11 is 0. The zero-order valence-corrected chi connectivity index (χ0v) is 16.7. The Hall–Kier alpha value is -2.44. The number of hydrogen-bond donors (Lipinski definition) is 2. The Balaban J connectivity index is 1.57. The number of carbonyl (C=O) groups excluding carboxylic acids is 1. The molecule has 0 radical (unpaired) electrons. The Morgan fingerprint density at radius 3 is 2.86 bits per heavy atom. The lowest BCUT2D eigenvalue weighted by molar-refractivity contribution is -0.149. The van der Waals surface area contributed by atoms with E-state index in [1.165, 1.54) is 0 Å². The van der Waals surface area contributed by atoms with Gasteiger partial charge in [-0.3, -0.25) is 4.79 Å². The largest absolute Gasteiger partial charge is 0.493 e. The number of methoxy groups -OCH3 is 1. The van der Waals surface area contributed by atoms with Crippen molar-refractivity contribution in [2.45, 2.75) is 45.6 Å². The Morgan fingerprint density at radius 2 is 2.18 bits per heavy atom. The normalized spacial score (nSPS) is 23.4. The van der Waals surface area contributed by atoms with Crippen molar-refractivity contribution in [3.05, 3.63) is 23.8 Å². The minimum Gasteiger partial charge on any atom is -0.493 e. The highest BCUT2D eigenvalue weighted by Crippen LogP contribution is 2.48. The minimum absolute atomic E-state index is 0.0652. The number of rotatable bonds is 8. The molecule has 1 saturated carbocycles. The molecule has 2 amide bonds. The van der Waals surface area contributed by atoms with E-state index in [4.69, 9.17) is 9.47 Å². The maximum absolute atomic E-state index is 12.6. The summed E-state index contributed by atoms with van der Waals surface area (Å²) in [6, 6.07) is 5.41. The molecule has 2 aliphatic rings. The van der Waals surface area contributed by atoms with Gasteiger partial charge in [0.2, 0.25) is 0 Å². The lowest BCUT2D eigenvalue weighted by Crippen LogP contribution is -2.41. The maximum atomic E-state index is 12.6. The van der Waals surface area contributed by atoms with Crippen LogP contribution < -0.4 is 14.8 Å². The maximum Gasteiger partial charge on any atom is 0.317 e. The van der Waals surface area contributed by atoms with Gasteiger partial charge in [-0.1, -0.05) is 25.8 Å². The first kappa shape index (κ1) is 20.3.